The zero-order chi connectivity index (χ0) is 20.4. The fourth-order valence-electron chi connectivity index (χ4n) is 3.41. The van der Waals surface area contributed by atoms with E-state index in [0.29, 0.717) is 18.4 Å². The molecule has 0 atom stereocenters. The molecule has 0 aliphatic heterocycles. The highest BCUT2D eigenvalue weighted by Crippen LogP contribution is 2.40. The first-order chi connectivity index (χ1) is 14.0. The van der Waals surface area contributed by atoms with Crippen LogP contribution in [0.5, 0.6) is 0 Å². The fraction of sp³-hybridized carbons (Fsp3) is 0.348. The first-order valence-corrected chi connectivity index (χ1v) is 10.2. The van der Waals surface area contributed by atoms with Crippen LogP contribution in [0.3, 0.4) is 0 Å². The molecule has 0 spiro atoms. The molecule has 2 aromatic heterocycles. The Balaban J connectivity index is 1.57. The highest BCUT2D eigenvalue weighted by Gasteiger charge is 2.27. The van der Waals surface area contributed by atoms with Gasteiger partial charge in [-0.15, -0.1) is 0 Å². The predicted octanol–water partition coefficient (Wildman–Crippen LogP) is 4.86. The third-order valence-corrected chi connectivity index (χ3v) is 5.12. The number of carbonyl (C=O) groups excluding carboxylic acids is 1. The first kappa shape index (κ1) is 19.2. The molecular weight excluding hydrogens is 362 g/mol. The second-order valence-corrected chi connectivity index (χ2v) is 7.87. The number of hydrogen-bond acceptors (Lipinski definition) is 4. The van der Waals surface area contributed by atoms with E-state index in [1.165, 1.54) is 24.5 Å². The number of aromatic nitrogens is 3. The van der Waals surface area contributed by atoms with Gasteiger partial charge in [0.05, 0.1) is 6.20 Å². The molecule has 2 N–H and O–H groups in total. The number of nitrogens with one attached hydrogen (secondary N) is 2. The van der Waals surface area contributed by atoms with E-state index in [-0.39, 0.29) is 5.91 Å². The van der Waals surface area contributed by atoms with Gasteiger partial charge in [0.15, 0.2) is 5.65 Å². The first-order valence-electron chi connectivity index (χ1n) is 10.2. The molecule has 0 bridgehead atoms. The summed E-state index contributed by atoms with van der Waals surface area (Å²) in [5, 5.41) is 11.0. The number of allylic oxidation sites excluding steroid dienone is 1. The molecule has 1 aromatic carbocycles. The maximum atomic E-state index is 11.8. The lowest BCUT2D eigenvalue weighted by molar-refractivity contribution is -0.111. The number of nitrogens with zero attached hydrogens (tertiary/aromatic N) is 3. The number of rotatable bonds is 7. The molecule has 0 radical (unpaired) electrons. The molecule has 6 heteroatoms. The third-order valence-electron chi connectivity index (χ3n) is 5.12. The van der Waals surface area contributed by atoms with E-state index in [9.17, 15) is 4.79 Å². The zero-order valence-corrected chi connectivity index (χ0v) is 17.1. The Morgan fingerprint density at radius 1 is 1.31 bits per heavy atom. The Kier molecular flexibility index (Phi) is 5.34. The molecular formula is C23H27N5O. The Morgan fingerprint density at radius 2 is 2.14 bits per heavy atom. The van der Waals surface area contributed by atoms with Gasteiger partial charge in [-0.2, -0.15) is 9.61 Å². The van der Waals surface area contributed by atoms with Crippen molar-refractivity contribution in [1.82, 2.24) is 14.6 Å². The molecule has 6 nitrogen and oxygen atoms in total. The van der Waals surface area contributed by atoms with Gasteiger partial charge in [0, 0.05) is 35.5 Å². The van der Waals surface area contributed by atoms with Crippen molar-refractivity contribution in [1.29, 1.82) is 0 Å². The highest BCUT2D eigenvalue weighted by molar-refractivity contribution is 5.99. The van der Waals surface area contributed by atoms with E-state index < -0.39 is 0 Å². The minimum atomic E-state index is -0.125. The maximum Gasteiger partial charge on any atom is 0.248 e. The monoisotopic (exact) mass is 389 g/mol. The average molecular weight is 390 g/mol. The lowest BCUT2D eigenvalue weighted by Gasteiger charge is -2.12. The van der Waals surface area contributed by atoms with Crippen molar-refractivity contribution in [2.75, 3.05) is 10.6 Å². The van der Waals surface area contributed by atoms with Gasteiger partial charge in [-0.25, -0.2) is 4.98 Å². The molecule has 1 saturated carbocycles. The van der Waals surface area contributed by atoms with Crippen LogP contribution < -0.4 is 10.6 Å². The summed E-state index contributed by atoms with van der Waals surface area (Å²) >= 11 is 0. The van der Waals surface area contributed by atoms with Gasteiger partial charge < -0.3 is 10.6 Å². The third kappa shape index (κ3) is 4.31. The topological polar surface area (TPSA) is 71.3 Å². The summed E-state index contributed by atoms with van der Waals surface area (Å²) in [6, 6.07) is 9.99. The Hall–Kier alpha value is -3.15. The van der Waals surface area contributed by atoms with Crippen LogP contribution in [0.15, 0.2) is 48.7 Å². The number of benzene rings is 1. The lowest BCUT2D eigenvalue weighted by Crippen LogP contribution is -2.10. The summed E-state index contributed by atoms with van der Waals surface area (Å²) in [6.45, 7) is 6.80. The maximum absolute atomic E-state index is 11.8. The van der Waals surface area contributed by atoms with Gasteiger partial charge in [-0.1, -0.05) is 32.1 Å². The summed E-state index contributed by atoms with van der Waals surface area (Å²) in [6.07, 6.45) is 7.58. The largest absolute Gasteiger partial charge is 0.366 e. The van der Waals surface area contributed by atoms with Crippen LogP contribution >= 0.6 is 0 Å². The van der Waals surface area contributed by atoms with E-state index in [1.54, 1.807) is 6.08 Å². The van der Waals surface area contributed by atoms with Crippen LogP contribution in [0, 0.1) is 0 Å². The number of fused-ring (bicyclic) bond motifs is 1. The second kappa shape index (κ2) is 8.07. The van der Waals surface area contributed by atoms with E-state index in [4.69, 9.17) is 4.98 Å². The standard InChI is InChI=1S/C23H27N5O/c1-4-6-22(29)26-18-8-5-7-16(11-18)13-24-21-12-20(17-9-10-17)27-23-19(15(2)3)14-25-28(21)23/h4-8,11-12,14-15,17,24H,9-10,13H2,1-3H3,(H,26,29)/b6-4+. The fourth-order valence-corrected chi connectivity index (χ4v) is 3.41. The summed E-state index contributed by atoms with van der Waals surface area (Å²) in [5.74, 6) is 1.77. The zero-order valence-electron chi connectivity index (χ0n) is 17.1. The van der Waals surface area contributed by atoms with Gasteiger partial charge >= 0.3 is 0 Å². The molecule has 0 unspecified atom stereocenters. The molecule has 3 aromatic rings. The Labute approximate surface area is 171 Å². The number of anilines is 2. The van der Waals surface area contributed by atoms with Gasteiger partial charge in [0.1, 0.15) is 5.82 Å². The molecule has 4 rings (SSSR count). The van der Waals surface area contributed by atoms with Gasteiger partial charge in [0.2, 0.25) is 5.91 Å². The molecule has 1 aliphatic carbocycles. The van der Waals surface area contributed by atoms with Crippen molar-refractivity contribution in [2.24, 2.45) is 0 Å². The molecule has 1 amide bonds. The van der Waals surface area contributed by atoms with Crippen LogP contribution in [0.1, 0.15) is 62.3 Å². The molecule has 1 aliphatic rings. The molecule has 29 heavy (non-hydrogen) atoms. The van der Waals surface area contributed by atoms with Crippen molar-refractivity contribution in [3.05, 3.63) is 65.5 Å². The van der Waals surface area contributed by atoms with Crippen molar-refractivity contribution >= 4 is 23.1 Å². The Bertz CT molecular complexity index is 1060. The minimum Gasteiger partial charge on any atom is -0.366 e. The van der Waals surface area contributed by atoms with E-state index in [2.05, 4.69) is 35.6 Å². The van der Waals surface area contributed by atoms with Crippen LogP contribution in [0.4, 0.5) is 11.5 Å². The van der Waals surface area contributed by atoms with Crippen LogP contribution in [0.2, 0.25) is 0 Å². The van der Waals surface area contributed by atoms with E-state index in [0.717, 1.165) is 28.4 Å². The van der Waals surface area contributed by atoms with Crippen LogP contribution in [0.25, 0.3) is 5.65 Å². The molecule has 1 fully saturated rings. The molecule has 2 heterocycles. The number of amides is 1. The normalized spacial score (nSPS) is 14.1. The lowest BCUT2D eigenvalue weighted by atomic mass is 10.1. The second-order valence-electron chi connectivity index (χ2n) is 7.87. The molecule has 0 saturated heterocycles. The SMILES string of the molecule is C/C=C/C(=O)Nc1cccc(CNc2cc(C3CC3)nc3c(C(C)C)cnn23)c1. The van der Waals surface area contributed by atoms with Crippen molar-refractivity contribution in [2.45, 2.75) is 52.0 Å². The summed E-state index contributed by atoms with van der Waals surface area (Å²) in [5.41, 5.74) is 5.13. The van der Waals surface area contributed by atoms with Crippen molar-refractivity contribution in [3.63, 3.8) is 0 Å². The van der Waals surface area contributed by atoms with Gasteiger partial charge in [-0.3, -0.25) is 4.79 Å². The van der Waals surface area contributed by atoms with E-state index >= 15 is 0 Å². The van der Waals surface area contributed by atoms with Gasteiger partial charge in [0.25, 0.3) is 0 Å². The van der Waals surface area contributed by atoms with Gasteiger partial charge in [-0.05, 0) is 49.5 Å². The van der Waals surface area contributed by atoms with E-state index in [1.807, 2.05) is 41.9 Å². The minimum absolute atomic E-state index is 0.125. The van der Waals surface area contributed by atoms with Crippen molar-refractivity contribution in [3.8, 4) is 0 Å². The van der Waals surface area contributed by atoms with Crippen LogP contribution in [-0.4, -0.2) is 20.5 Å². The smallest absolute Gasteiger partial charge is 0.248 e. The summed E-state index contributed by atoms with van der Waals surface area (Å²) in [7, 11) is 0. The van der Waals surface area contributed by atoms with Crippen molar-refractivity contribution < 1.29 is 4.79 Å². The quantitative estimate of drug-likeness (QED) is 0.566. The predicted molar refractivity (Wildman–Crippen MR) is 116 cm³/mol. The average Bonchev–Trinajstić information content (AvgIpc) is 3.45. The van der Waals surface area contributed by atoms with Crippen LogP contribution in [-0.2, 0) is 11.3 Å². The summed E-state index contributed by atoms with van der Waals surface area (Å²) in [4.78, 5) is 16.7. The number of carbonyl (C=O) groups is 1. The Morgan fingerprint density at radius 3 is 2.86 bits per heavy atom. The molecule has 150 valence electrons. The highest BCUT2D eigenvalue weighted by atomic mass is 16.1. The summed E-state index contributed by atoms with van der Waals surface area (Å²) < 4.78 is 1.90. The number of hydrogen-bond donors (Lipinski definition) is 2.